The summed E-state index contributed by atoms with van der Waals surface area (Å²) < 4.78 is 11.2. The van der Waals surface area contributed by atoms with Crippen molar-refractivity contribution in [2.75, 3.05) is 6.61 Å². The summed E-state index contributed by atoms with van der Waals surface area (Å²) in [5, 5.41) is 6.53. The van der Waals surface area contributed by atoms with Gasteiger partial charge in [0, 0.05) is 21.3 Å². The fraction of sp³-hybridized carbons (Fsp3) is 0.304. The van der Waals surface area contributed by atoms with Crippen molar-refractivity contribution < 1.29 is 19.1 Å². The van der Waals surface area contributed by atoms with E-state index < -0.39 is 12.0 Å². The molecule has 31 heavy (non-hydrogen) atoms. The number of hydrogen-bond acceptors (Lipinski definition) is 4. The lowest BCUT2D eigenvalue weighted by molar-refractivity contribution is -0.140. The lowest BCUT2D eigenvalue weighted by atomic mass is 9.95. The van der Waals surface area contributed by atoms with Gasteiger partial charge < -0.3 is 20.1 Å². The number of ether oxygens (including phenoxy) is 2. The van der Waals surface area contributed by atoms with Crippen LogP contribution in [0.4, 0.5) is 4.79 Å². The molecule has 0 spiro atoms. The van der Waals surface area contributed by atoms with Crippen molar-refractivity contribution in [2.45, 2.75) is 33.4 Å². The second-order valence-electron chi connectivity index (χ2n) is 7.66. The van der Waals surface area contributed by atoms with Gasteiger partial charge in [0.25, 0.3) is 0 Å². The highest BCUT2D eigenvalue weighted by Gasteiger charge is 2.32. The maximum Gasteiger partial charge on any atom is 0.338 e. The summed E-state index contributed by atoms with van der Waals surface area (Å²) in [6.45, 7) is 6.19. The minimum atomic E-state index is -0.617. The summed E-state index contributed by atoms with van der Waals surface area (Å²) in [6.07, 6.45) is 0. The van der Waals surface area contributed by atoms with Crippen LogP contribution in [0, 0.1) is 5.92 Å². The van der Waals surface area contributed by atoms with Crippen molar-refractivity contribution in [1.29, 1.82) is 0 Å². The molecule has 1 unspecified atom stereocenters. The molecule has 0 saturated heterocycles. The summed E-state index contributed by atoms with van der Waals surface area (Å²) in [6, 6.07) is 11.4. The Balaban J connectivity index is 1.75. The fourth-order valence-electron chi connectivity index (χ4n) is 3.09. The van der Waals surface area contributed by atoms with Crippen LogP contribution in [-0.4, -0.2) is 18.6 Å². The third-order valence-corrected chi connectivity index (χ3v) is 5.25. The minimum absolute atomic E-state index is 0.208. The van der Waals surface area contributed by atoms with Crippen molar-refractivity contribution in [3.63, 3.8) is 0 Å². The largest absolute Gasteiger partial charge is 0.489 e. The Labute approximate surface area is 191 Å². The van der Waals surface area contributed by atoms with Crippen LogP contribution in [0.3, 0.4) is 0 Å². The van der Waals surface area contributed by atoms with Crippen LogP contribution >= 0.6 is 23.2 Å². The van der Waals surface area contributed by atoms with Gasteiger partial charge in [-0.1, -0.05) is 55.2 Å². The lowest BCUT2D eigenvalue weighted by Gasteiger charge is -2.28. The Bertz CT molecular complexity index is 1000. The van der Waals surface area contributed by atoms with Gasteiger partial charge in [0.1, 0.15) is 12.4 Å². The molecule has 0 bridgehead atoms. The van der Waals surface area contributed by atoms with Crippen molar-refractivity contribution in [3.8, 4) is 5.75 Å². The molecule has 1 aliphatic rings. The Morgan fingerprint density at radius 1 is 1.13 bits per heavy atom. The number of rotatable bonds is 7. The van der Waals surface area contributed by atoms with Gasteiger partial charge in [0.05, 0.1) is 18.2 Å². The molecule has 0 fully saturated rings. The Morgan fingerprint density at radius 2 is 1.84 bits per heavy atom. The van der Waals surface area contributed by atoms with Crippen molar-refractivity contribution in [1.82, 2.24) is 10.6 Å². The summed E-state index contributed by atoms with van der Waals surface area (Å²) in [5.41, 5.74) is 2.40. The van der Waals surface area contributed by atoms with Gasteiger partial charge in [-0.15, -0.1) is 0 Å². The molecule has 1 aliphatic heterocycles. The molecule has 3 rings (SSSR count). The zero-order valence-electron chi connectivity index (χ0n) is 17.5. The second-order valence-corrected chi connectivity index (χ2v) is 8.50. The average Bonchev–Trinajstić information content (AvgIpc) is 2.71. The van der Waals surface area contributed by atoms with E-state index in [4.69, 9.17) is 32.7 Å². The summed E-state index contributed by atoms with van der Waals surface area (Å²) >= 11 is 12.1. The molecule has 0 aromatic heterocycles. The van der Waals surface area contributed by atoms with E-state index in [1.54, 1.807) is 43.3 Å². The maximum absolute atomic E-state index is 12.7. The monoisotopic (exact) mass is 462 g/mol. The average molecular weight is 463 g/mol. The second kappa shape index (κ2) is 10.1. The molecule has 0 saturated carbocycles. The molecule has 8 heteroatoms. The summed E-state index contributed by atoms with van der Waals surface area (Å²) in [5.74, 6) is 0.376. The number of carbonyl (C=O) groups is 2. The quantitative estimate of drug-likeness (QED) is 0.540. The van der Waals surface area contributed by atoms with Gasteiger partial charge in [0.15, 0.2) is 0 Å². The van der Waals surface area contributed by atoms with Crippen LogP contribution in [0.15, 0.2) is 53.7 Å². The van der Waals surface area contributed by atoms with Crippen molar-refractivity contribution >= 4 is 35.2 Å². The number of allylic oxidation sites excluding steroid dienone is 1. The first-order chi connectivity index (χ1) is 14.7. The first kappa shape index (κ1) is 23.0. The van der Waals surface area contributed by atoms with Crippen LogP contribution in [0.25, 0.3) is 0 Å². The highest BCUT2D eigenvalue weighted by atomic mass is 35.5. The number of esters is 1. The number of nitrogens with one attached hydrogen (secondary N) is 2. The highest BCUT2D eigenvalue weighted by molar-refractivity contribution is 6.35. The Morgan fingerprint density at radius 3 is 2.48 bits per heavy atom. The van der Waals surface area contributed by atoms with Gasteiger partial charge in [-0.3, -0.25) is 0 Å². The van der Waals surface area contributed by atoms with Crippen molar-refractivity contribution in [3.05, 3.63) is 74.9 Å². The van der Waals surface area contributed by atoms with Crippen molar-refractivity contribution in [2.24, 2.45) is 5.92 Å². The molecular weight excluding hydrogens is 439 g/mol. The normalized spacial score (nSPS) is 16.1. The maximum atomic E-state index is 12.7. The van der Waals surface area contributed by atoms with Gasteiger partial charge >= 0.3 is 12.0 Å². The van der Waals surface area contributed by atoms with Crippen LogP contribution in [0.5, 0.6) is 5.75 Å². The molecule has 0 aliphatic carbocycles. The van der Waals surface area contributed by atoms with Crippen LogP contribution in [0.1, 0.15) is 37.9 Å². The molecule has 6 nitrogen and oxygen atoms in total. The van der Waals surface area contributed by atoms with Gasteiger partial charge in [0.2, 0.25) is 0 Å². The lowest BCUT2D eigenvalue weighted by Crippen LogP contribution is -2.45. The molecule has 1 atom stereocenters. The predicted molar refractivity (Wildman–Crippen MR) is 120 cm³/mol. The molecule has 1 heterocycles. The summed E-state index contributed by atoms with van der Waals surface area (Å²) in [7, 11) is 0. The van der Waals surface area contributed by atoms with Crippen LogP contribution < -0.4 is 15.4 Å². The van der Waals surface area contributed by atoms with Crippen LogP contribution in [0.2, 0.25) is 10.0 Å². The van der Waals surface area contributed by atoms with E-state index in [9.17, 15) is 9.59 Å². The topological polar surface area (TPSA) is 76.7 Å². The van der Waals surface area contributed by atoms with E-state index in [0.29, 0.717) is 33.7 Å². The van der Waals surface area contributed by atoms with E-state index in [1.165, 1.54) is 0 Å². The molecule has 2 N–H and O–H groups in total. The number of amides is 2. The van der Waals surface area contributed by atoms with E-state index in [0.717, 1.165) is 11.1 Å². The Hall–Kier alpha value is -2.70. The highest BCUT2D eigenvalue weighted by Crippen LogP contribution is 2.29. The predicted octanol–water partition coefficient (Wildman–Crippen LogP) is 5.40. The molecule has 164 valence electrons. The number of benzene rings is 2. The Kier molecular flexibility index (Phi) is 7.46. The van der Waals surface area contributed by atoms with Gasteiger partial charge in [-0.25, -0.2) is 9.59 Å². The van der Waals surface area contributed by atoms with Crippen LogP contribution in [-0.2, 0) is 16.1 Å². The number of urea groups is 1. The van der Waals surface area contributed by atoms with E-state index >= 15 is 0 Å². The van der Waals surface area contributed by atoms with E-state index in [2.05, 4.69) is 10.6 Å². The number of carbonyl (C=O) groups excluding carboxylic acids is 2. The minimum Gasteiger partial charge on any atom is -0.489 e. The summed E-state index contributed by atoms with van der Waals surface area (Å²) in [4.78, 5) is 24.7. The zero-order valence-corrected chi connectivity index (χ0v) is 19.0. The molecule has 0 radical (unpaired) electrons. The van der Waals surface area contributed by atoms with Gasteiger partial charge in [-0.2, -0.15) is 0 Å². The van der Waals surface area contributed by atoms with E-state index in [1.807, 2.05) is 19.9 Å². The van der Waals surface area contributed by atoms with E-state index in [-0.39, 0.29) is 18.6 Å². The SMILES string of the molecule is CC1=C(C(=O)OCC(C)C)C(c2ccc(OCc3ccc(Cl)cc3Cl)cc2)NC(=O)N1. The standard InChI is InChI=1S/C23H24Cl2N2O4/c1-13(2)11-31-22(28)20-14(3)26-23(29)27-21(20)15-5-8-18(9-6-15)30-12-16-4-7-17(24)10-19(16)25/h4-10,13,21H,11-12H2,1-3H3,(H2,26,27,29). The third kappa shape index (κ3) is 5.93. The molecule has 2 aromatic rings. The molecule has 2 amide bonds. The fourth-order valence-corrected chi connectivity index (χ4v) is 3.55. The van der Waals surface area contributed by atoms with Gasteiger partial charge in [-0.05, 0) is 42.7 Å². The zero-order chi connectivity index (χ0) is 22.5. The first-order valence-corrected chi connectivity index (χ1v) is 10.6. The number of hydrogen-bond donors (Lipinski definition) is 2. The third-order valence-electron chi connectivity index (χ3n) is 4.66. The first-order valence-electron chi connectivity index (χ1n) is 9.86. The molecule has 2 aromatic carbocycles. The number of halogens is 2. The molecular formula is C23H24Cl2N2O4. The smallest absolute Gasteiger partial charge is 0.338 e.